The number of carbonyl (C=O) groups excluding carboxylic acids is 2. The van der Waals surface area contributed by atoms with Crippen LogP contribution in [-0.4, -0.2) is 37.5 Å². The molecule has 5 nitrogen and oxygen atoms in total. The summed E-state index contributed by atoms with van der Waals surface area (Å²) in [6, 6.07) is 6.09. The third-order valence-electron chi connectivity index (χ3n) is 2.92. The summed E-state index contributed by atoms with van der Waals surface area (Å²) in [5.41, 5.74) is 0.470. The third-order valence-corrected chi connectivity index (χ3v) is 3.17. The molecule has 7 heteroatoms. The van der Waals surface area contributed by atoms with Gasteiger partial charge >= 0.3 is 0 Å². The van der Waals surface area contributed by atoms with E-state index in [1.54, 1.807) is 31.2 Å². The van der Waals surface area contributed by atoms with E-state index in [2.05, 4.69) is 16.0 Å². The highest BCUT2D eigenvalue weighted by molar-refractivity contribution is 6.30. The molecule has 0 heterocycles. The monoisotopic (exact) mass is 333 g/mol. The Morgan fingerprint density at radius 3 is 2.29 bits per heavy atom. The molecular formula is C14H21Cl2N3O2. The Labute approximate surface area is 136 Å². The van der Waals surface area contributed by atoms with Crippen molar-refractivity contribution in [1.82, 2.24) is 16.0 Å². The van der Waals surface area contributed by atoms with E-state index in [0.29, 0.717) is 17.1 Å². The molecule has 118 valence electrons. The first-order valence-corrected chi connectivity index (χ1v) is 6.83. The van der Waals surface area contributed by atoms with Crippen LogP contribution in [0.25, 0.3) is 0 Å². The Kier molecular flexibility index (Phi) is 9.01. The fraction of sp³-hybridized carbons (Fsp3) is 0.429. The Hall–Kier alpha value is -1.30. The van der Waals surface area contributed by atoms with Crippen molar-refractivity contribution in [2.45, 2.75) is 25.9 Å². The summed E-state index contributed by atoms with van der Waals surface area (Å²) in [4.78, 5) is 23.7. The Morgan fingerprint density at radius 2 is 1.76 bits per heavy atom. The van der Waals surface area contributed by atoms with Crippen LogP contribution >= 0.6 is 24.0 Å². The van der Waals surface area contributed by atoms with Gasteiger partial charge in [-0.05, 0) is 45.2 Å². The number of nitrogens with one attached hydrogen (secondary N) is 3. The second kappa shape index (κ2) is 9.60. The minimum atomic E-state index is -0.595. The molecule has 0 radical (unpaired) electrons. The maximum Gasteiger partial charge on any atom is 0.251 e. The van der Waals surface area contributed by atoms with E-state index in [1.165, 1.54) is 0 Å². The van der Waals surface area contributed by atoms with E-state index >= 15 is 0 Å². The Balaban J connectivity index is 0.00000400. The fourth-order valence-corrected chi connectivity index (χ4v) is 1.58. The second-order valence-electron chi connectivity index (χ2n) is 4.64. The highest BCUT2D eigenvalue weighted by atomic mass is 35.5. The summed E-state index contributed by atoms with van der Waals surface area (Å²) in [5.74, 6) is -0.514. The molecule has 0 fully saturated rings. The molecule has 2 unspecified atom stereocenters. The predicted octanol–water partition coefficient (Wildman–Crippen LogP) is 1.60. The van der Waals surface area contributed by atoms with Gasteiger partial charge in [-0.15, -0.1) is 12.4 Å². The molecule has 0 saturated carbocycles. The van der Waals surface area contributed by atoms with Gasteiger partial charge in [-0.3, -0.25) is 9.59 Å². The molecule has 21 heavy (non-hydrogen) atoms. The number of hydrogen-bond donors (Lipinski definition) is 3. The summed E-state index contributed by atoms with van der Waals surface area (Å²) in [7, 11) is 1.82. The molecule has 0 aliphatic rings. The molecule has 0 aliphatic carbocycles. The van der Waals surface area contributed by atoms with Crippen molar-refractivity contribution < 1.29 is 9.59 Å². The van der Waals surface area contributed by atoms with E-state index in [9.17, 15) is 9.59 Å². The summed E-state index contributed by atoms with van der Waals surface area (Å²) in [5, 5.41) is 8.98. The number of carbonyl (C=O) groups is 2. The summed E-state index contributed by atoms with van der Waals surface area (Å²) in [6.07, 6.45) is 0. The van der Waals surface area contributed by atoms with Gasteiger partial charge in [0.25, 0.3) is 5.91 Å². The SMILES string of the molecule is CNC(C)CNC(=O)C(C)NC(=O)c1ccc(Cl)cc1.Cl. The molecule has 2 atom stereocenters. The summed E-state index contributed by atoms with van der Waals surface area (Å²) in [6.45, 7) is 4.11. The van der Waals surface area contributed by atoms with Crippen molar-refractivity contribution in [3.8, 4) is 0 Å². The van der Waals surface area contributed by atoms with Crippen LogP contribution in [0.4, 0.5) is 0 Å². The lowest BCUT2D eigenvalue weighted by atomic mass is 10.2. The molecule has 0 bridgehead atoms. The van der Waals surface area contributed by atoms with Gasteiger partial charge in [0.15, 0.2) is 0 Å². The second-order valence-corrected chi connectivity index (χ2v) is 5.07. The van der Waals surface area contributed by atoms with Crippen LogP contribution in [0.3, 0.4) is 0 Å². The number of rotatable bonds is 6. The van der Waals surface area contributed by atoms with Gasteiger partial charge in [-0.1, -0.05) is 11.6 Å². The van der Waals surface area contributed by atoms with Gasteiger partial charge in [-0.2, -0.15) is 0 Å². The molecule has 0 aliphatic heterocycles. The lowest BCUT2D eigenvalue weighted by Gasteiger charge is -2.16. The molecule has 3 N–H and O–H groups in total. The maximum atomic E-state index is 11.9. The largest absolute Gasteiger partial charge is 0.353 e. The number of amides is 2. The molecule has 0 aromatic heterocycles. The number of likely N-dealkylation sites (N-methyl/N-ethyl adjacent to an activating group) is 1. The van der Waals surface area contributed by atoms with Gasteiger partial charge < -0.3 is 16.0 Å². The lowest BCUT2D eigenvalue weighted by Crippen LogP contribution is -2.47. The van der Waals surface area contributed by atoms with Crippen molar-refractivity contribution in [3.05, 3.63) is 34.9 Å². The minimum absolute atomic E-state index is 0. The zero-order valence-corrected chi connectivity index (χ0v) is 13.8. The quantitative estimate of drug-likeness (QED) is 0.740. The first-order chi connectivity index (χ1) is 9.43. The standard InChI is InChI=1S/C14H20ClN3O2.ClH/c1-9(16-3)8-17-13(19)10(2)18-14(20)11-4-6-12(15)7-5-11;/h4-7,9-10,16H,8H2,1-3H3,(H,17,19)(H,18,20);1H. The van der Waals surface area contributed by atoms with Crippen LogP contribution < -0.4 is 16.0 Å². The van der Waals surface area contributed by atoms with Crippen LogP contribution in [0.2, 0.25) is 5.02 Å². The first kappa shape index (κ1) is 19.7. The first-order valence-electron chi connectivity index (χ1n) is 6.45. The Morgan fingerprint density at radius 1 is 1.19 bits per heavy atom. The predicted molar refractivity (Wildman–Crippen MR) is 87.2 cm³/mol. The van der Waals surface area contributed by atoms with Gasteiger partial charge in [0, 0.05) is 23.2 Å². The van der Waals surface area contributed by atoms with Crippen molar-refractivity contribution in [2.24, 2.45) is 0 Å². The molecular weight excluding hydrogens is 313 g/mol. The van der Waals surface area contributed by atoms with Crippen LogP contribution in [0.15, 0.2) is 24.3 Å². The average Bonchev–Trinajstić information content (AvgIpc) is 2.44. The molecule has 0 saturated heterocycles. The number of hydrogen-bond acceptors (Lipinski definition) is 3. The van der Waals surface area contributed by atoms with E-state index in [-0.39, 0.29) is 30.3 Å². The number of benzene rings is 1. The van der Waals surface area contributed by atoms with Crippen LogP contribution in [-0.2, 0) is 4.79 Å². The smallest absolute Gasteiger partial charge is 0.251 e. The van der Waals surface area contributed by atoms with Gasteiger partial charge in [0.2, 0.25) is 5.91 Å². The minimum Gasteiger partial charge on any atom is -0.353 e. The zero-order valence-electron chi connectivity index (χ0n) is 12.3. The topological polar surface area (TPSA) is 70.2 Å². The zero-order chi connectivity index (χ0) is 15.1. The number of halogens is 2. The third kappa shape index (κ3) is 6.80. The average molecular weight is 334 g/mol. The van der Waals surface area contributed by atoms with Crippen LogP contribution in [0.1, 0.15) is 24.2 Å². The molecule has 1 aromatic rings. The highest BCUT2D eigenvalue weighted by Crippen LogP contribution is 2.09. The maximum absolute atomic E-state index is 11.9. The molecule has 1 rings (SSSR count). The van der Waals surface area contributed by atoms with Gasteiger partial charge in [0.1, 0.15) is 6.04 Å². The molecule has 2 amide bonds. The van der Waals surface area contributed by atoms with Crippen LogP contribution in [0, 0.1) is 0 Å². The van der Waals surface area contributed by atoms with Crippen LogP contribution in [0.5, 0.6) is 0 Å². The van der Waals surface area contributed by atoms with Gasteiger partial charge in [0.05, 0.1) is 0 Å². The summed E-state index contributed by atoms with van der Waals surface area (Å²) >= 11 is 5.76. The van der Waals surface area contributed by atoms with Crippen molar-refractivity contribution in [3.63, 3.8) is 0 Å². The van der Waals surface area contributed by atoms with E-state index in [0.717, 1.165) is 0 Å². The molecule has 0 spiro atoms. The van der Waals surface area contributed by atoms with Crippen molar-refractivity contribution in [1.29, 1.82) is 0 Å². The normalized spacial score (nSPS) is 12.8. The van der Waals surface area contributed by atoms with E-state index in [4.69, 9.17) is 11.6 Å². The lowest BCUT2D eigenvalue weighted by molar-refractivity contribution is -0.122. The van der Waals surface area contributed by atoms with E-state index in [1.807, 2.05) is 14.0 Å². The van der Waals surface area contributed by atoms with E-state index < -0.39 is 6.04 Å². The van der Waals surface area contributed by atoms with Gasteiger partial charge in [-0.25, -0.2) is 0 Å². The van der Waals surface area contributed by atoms with Crippen molar-refractivity contribution >= 4 is 35.8 Å². The summed E-state index contributed by atoms with van der Waals surface area (Å²) < 4.78 is 0. The fourth-order valence-electron chi connectivity index (χ4n) is 1.46. The highest BCUT2D eigenvalue weighted by Gasteiger charge is 2.16. The Bertz CT molecular complexity index is 466. The van der Waals surface area contributed by atoms with Crippen molar-refractivity contribution in [2.75, 3.05) is 13.6 Å². The molecule has 1 aromatic carbocycles.